The fourth-order valence-electron chi connectivity index (χ4n) is 2.69. The minimum Gasteiger partial charge on any atom is -0.383 e. The van der Waals surface area contributed by atoms with Crippen LogP contribution in [0.5, 0.6) is 0 Å². The maximum Gasteiger partial charge on any atom is 0.249 e. The highest BCUT2D eigenvalue weighted by Gasteiger charge is 2.30. The number of methoxy groups -OCH3 is 1. The molecule has 0 unspecified atom stereocenters. The molecule has 5 heteroatoms. The van der Waals surface area contributed by atoms with E-state index in [0.29, 0.717) is 25.7 Å². The molecule has 1 aromatic rings. The van der Waals surface area contributed by atoms with E-state index in [4.69, 9.17) is 9.47 Å². The van der Waals surface area contributed by atoms with Crippen LogP contribution in [0.1, 0.15) is 18.9 Å². The quantitative estimate of drug-likeness (QED) is 0.835. The van der Waals surface area contributed by atoms with Gasteiger partial charge in [-0.15, -0.1) is 0 Å². The first-order chi connectivity index (χ1) is 10.6. The van der Waals surface area contributed by atoms with Gasteiger partial charge in [0.2, 0.25) is 5.91 Å². The lowest BCUT2D eigenvalue weighted by Gasteiger charge is -2.23. The number of hydrogen-bond donors (Lipinski definition) is 1. The Kier molecular flexibility index (Phi) is 6.21. The molecule has 0 spiro atoms. The van der Waals surface area contributed by atoms with E-state index in [1.165, 1.54) is 0 Å². The summed E-state index contributed by atoms with van der Waals surface area (Å²) < 4.78 is 10.6. The normalized spacial score (nSPS) is 20.9. The predicted octanol–water partition coefficient (Wildman–Crippen LogP) is 1.81. The summed E-state index contributed by atoms with van der Waals surface area (Å²) in [5.74, 6) is 0.277. The van der Waals surface area contributed by atoms with Crippen LogP contribution in [0.15, 0.2) is 24.3 Å². The molecule has 1 amide bonds. The Labute approximate surface area is 132 Å². The number of para-hydroxylation sites is 1. The molecule has 0 aromatic heterocycles. The zero-order chi connectivity index (χ0) is 15.9. The van der Waals surface area contributed by atoms with Crippen LogP contribution in [0, 0.1) is 5.92 Å². The molecule has 0 saturated carbocycles. The molecule has 0 bridgehead atoms. The molecule has 22 heavy (non-hydrogen) atoms. The molecule has 5 nitrogen and oxygen atoms in total. The van der Waals surface area contributed by atoms with Crippen molar-refractivity contribution >= 4 is 11.6 Å². The van der Waals surface area contributed by atoms with Gasteiger partial charge in [-0.25, -0.2) is 0 Å². The lowest BCUT2D eigenvalue weighted by Crippen LogP contribution is -2.37. The van der Waals surface area contributed by atoms with Crippen molar-refractivity contribution < 1.29 is 14.3 Å². The van der Waals surface area contributed by atoms with Crippen molar-refractivity contribution in [1.82, 2.24) is 5.32 Å². The van der Waals surface area contributed by atoms with Crippen molar-refractivity contribution in [1.29, 1.82) is 0 Å². The summed E-state index contributed by atoms with van der Waals surface area (Å²) in [6.45, 7) is 4.73. The fourth-order valence-corrected chi connectivity index (χ4v) is 2.69. The van der Waals surface area contributed by atoms with Crippen LogP contribution >= 0.6 is 0 Å². The highest BCUT2D eigenvalue weighted by molar-refractivity contribution is 5.81. The fraction of sp³-hybridized carbons (Fsp3) is 0.588. The van der Waals surface area contributed by atoms with Crippen molar-refractivity contribution in [2.75, 3.05) is 38.8 Å². The monoisotopic (exact) mass is 306 g/mol. The molecule has 2 rings (SSSR count). The molecule has 0 aliphatic carbocycles. The van der Waals surface area contributed by atoms with Crippen LogP contribution in [-0.2, 0) is 20.8 Å². The molecular formula is C17H26N2O3. The lowest BCUT2D eigenvalue weighted by molar-refractivity contribution is -0.131. The summed E-state index contributed by atoms with van der Waals surface area (Å²) in [7, 11) is 3.73. The average molecular weight is 306 g/mol. The topological polar surface area (TPSA) is 50.8 Å². The highest BCUT2D eigenvalue weighted by atomic mass is 16.5. The Balaban J connectivity index is 1.96. The Morgan fingerprint density at radius 1 is 1.45 bits per heavy atom. The van der Waals surface area contributed by atoms with Gasteiger partial charge in [0.1, 0.15) is 6.10 Å². The summed E-state index contributed by atoms with van der Waals surface area (Å²) in [6, 6.07) is 8.10. The number of rotatable bonds is 7. The van der Waals surface area contributed by atoms with E-state index in [2.05, 4.69) is 23.2 Å². The molecule has 1 aliphatic rings. The molecule has 1 aliphatic heterocycles. The first-order valence-electron chi connectivity index (χ1n) is 7.80. The zero-order valence-corrected chi connectivity index (χ0v) is 13.7. The van der Waals surface area contributed by atoms with Gasteiger partial charge in [-0.2, -0.15) is 0 Å². The van der Waals surface area contributed by atoms with Crippen LogP contribution in [0.25, 0.3) is 0 Å². The smallest absolute Gasteiger partial charge is 0.249 e. The van der Waals surface area contributed by atoms with Gasteiger partial charge in [0.25, 0.3) is 0 Å². The molecule has 1 heterocycles. The average Bonchev–Trinajstić information content (AvgIpc) is 2.96. The molecule has 1 aromatic carbocycles. The Hall–Kier alpha value is -1.59. The minimum absolute atomic E-state index is 0.0145. The number of carbonyl (C=O) groups excluding carboxylic acids is 1. The summed E-state index contributed by atoms with van der Waals surface area (Å²) in [4.78, 5) is 14.4. The number of likely N-dealkylation sites (N-methyl/N-ethyl adjacent to an activating group) is 1. The second-order valence-corrected chi connectivity index (χ2v) is 5.82. The Bertz CT molecular complexity index is 493. The van der Waals surface area contributed by atoms with Crippen molar-refractivity contribution in [3.05, 3.63) is 29.8 Å². The van der Waals surface area contributed by atoms with Crippen molar-refractivity contribution in [3.63, 3.8) is 0 Å². The standard InChI is InChI=1S/C17H26N2O3/c1-13-8-10-22-16(13)17(20)18-12-14-6-4-5-7-15(14)19(2)9-11-21-3/h4-7,13,16H,8-12H2,1-3H3,(H,18,20)/t13-,16-/m1/s1. The summed E-state index contributed by atoms with van der Waals surface area (Å²) in [5, 5.41) is 3.00. The predicted molar refractivity (Wildman–Crippen MR) is 87.0 cm³/mol. The van der Waals surface area contributed by atoms with E-state index in [1.807, 2.05) is 25.2 Å². The van der Waals surface area contributed by atoms with Gasteiger partial charge in [0.15, 0.2) is 0 Å². The molecule has 2 atom stereocenters. The number of nitrogens with zero attached hydrogens (tertiary/aromatic N) is 1. The van der Waals surface area contributed by atoms with Gasteiger partial charge in [-0.1, -0.05) is 25.1 Å². The zero-order valence-electron chi connectivity index (χ0n) is 13.7. The van der Waals surface area contributed by atoms with Crippen LogP contribution < -0.4 is 10.2 Å². The number of anilines is 1. The Morgan fingerprint density at radius 3 is 2.91 bits per heavy atom. The lowest BCUT2D eigenvalue weighted by atomic mass is 10.0. The second kappa shape index (κ2) is 8.15. The number of hydrogen-bond acceptors (Lipinski definition) is 4. The Morgan fingerprint density at radius 2 is 2.23 bits per heavy atom. The first-order valence-corrected chi connectivity index (χ1v) is 7.80. The molecule has 0 radical (unpaired) electrons. The highest BCUT2D eigenvalue weighted by Crippen LogP contribution is 2.21. The van der Waals surface area contributed by atoms with Gasteiger partial charge >= 0.3 is 0 Å². The van der Waals surface area contributed by atoms with Crippen LogP contribution in [0.3, 0.4) is 0 Å². The van der Waals surface area contributed by atoms with E-state index in [9.17, 15) is 4.79 Å². The third kappa shape index (κ3) is 4.21. The van der Waals surface area contributed by atoms with Gasteiger partial charge in [-0.3, -0.25) is 4.79 Å². The van der Waals surface area contributed by atoms with Crippen LogP contribution in [0.4, 0.5) is 5.69 Å². The first kappa shape index (κ1) is 16.8. The van der Waals surface area contributed by atoms with Crippen molar-refractivity contribution in [2.45, 2.75) is 26.0 Å². The van der Waals surface area contributed by atoms with E-state index in [1.54, 1.807) is 7.11 Å². The SMILES string of the molecule is COCCN(C)c1ccccc1CNC(=O)[C@@H]1OCC[C@H]1C. The van der Waals surface area contributed by atoms with Gasteiger partial charge in [0, 0.05) is 39.5 Å². The molecule has 122 valence electrons. The van der Waals surface area contributed by atoms with Gasteiger partial charge in [0.05, 0.1) is 6.61 Å². The summed E-state index contributed by atoms with van der Waals surface area (Å²) >= 11 is 0. The third-order valence-electron chi connectivity index (χ3n) is 4.13. The number of carbonyl (C=O) groups is 1. The summed E-state index contributed by atoms with van der Waals surface area (Å²) in [5.41, 5.74) is 2.21. The molecular weight excluding hydrogens is 280 g/mol. The minimum atomic E-state index is -0.307. The molecule has 1 N–H and O–H groups in total. The number of ether oxygens (including phenoxy) is 2. The van der Waals surface area contributed by atoms with Crippen molar-refractivity contribution in [2.24, 2.45) is 5.92 Å². The van der Waals surface area contributed by atoms with E-state index in [-0.39, 0.29) is 12.0 Å². The number of benzene rings is 1. The molecule has 1 fully saturated rings. The van der Waals surface area contributed by atoms with Crippen LogP contribution in [0.2, 0.25) is 0 Å². The maximum absolute atomic E-state index is 12.2. The van der Waals surface area contributed by atoms with E-state index >= 15 is 0 Å². The number of amides is 1. The van der Waals surface area contributed by atoms with Crippen LogP contribution in [-0.4, -0.2) is 45.9 Å². The molecule has 1 saturated heterocycles. The number of nitrogens with one attached hydrogen (secondary N) is 1. The largest absolute Gasteiger partial charge is 0.383 e. The van der Waals surface area contributed by atoms with E-state index < -0.39 is 0 Å². The summed E-state index contributed by atoms with van der Waals surface area (Å²) in [6.07, 6.45) is 0.646. The second-order valence-electron chi connectivity index (χ2n) is 5.82. The third-order valence-corrected chi connectivity index (χ3v) is 4.13. The van der Waals surface area contributed by atoms with E-state index in [0.717, 1.165) is 24.2 Å². The van der Waals surface area contributed by atoms with Gasteiger partial charge in [-0.05, 0) is 24.0 Å². The van der Waals surface area contributed by atoms with Gasteiger partial charge < -0.3 is 19.7 Å². The maximum atomic E-state index is 12.2. The van der Waals surface area contributed by atoms with Crippen molar-refractivity contribution in [3.8, 4) is 0 Å².